The molecule has 0 aliphatic carbocycles. The van der Waals surface area contributed by atoms with E-state index >= 15 is 0 Å². The maximum atomic E-state index is 12.2. The van der Waals surface area contributed by atoms with Crippen LogP contribution in [0.25, 0.3) is 0 Å². The van der Waals surface area contributed by atoms with Crippen LogP contribution in [0.3, 0.4) is 0 Å². The van der Waals surface area contributed by atoms with Crippen molar-refractivity contribution in [3.8, 4) is 0 Å². The van der Waals surface area contributed by atoms with E-state index in [0.29, 0.717) is 0 Å². The minimum atomic E-state index is -0.921. The van der Waals surface area contributed by atoms with Crippen molar-refractivity contribution >= 4 is 33.5 Å². The molecule has 1 fully saturated rings. The van der Waals surface area contributed by atoms with E-state index in [1.54, 1.807) is 18.7 Å². The molecule has 102 valence electrons. The van der Waals surface area contributed by atoms with Crippen molar-refractivity contribution in [1.29, 1.82) is 0 Å². The van der Waals surface area contributed by atoms with E-state index in [1.165, 1.54) is 0 Å². The topological polar surface area (TPSA) is 57.6 Å². The van der Waals surface area contributed by atoms with Crippen LogP contribution < -0.4 is 4.90 Å². The molecule has 1 N–H and O–H groups in total. The number of nitrogens with zero attached hydrogens (tertiary/aromatic N) is 1. The third-order valence-corrected chi connectivity index (χ3v) is 4.25. The summed E-state index contributed by atoms with van der Waals surface area (Å²) in [5, 5.41) is 9.26. The Morgan fingerprint density at radius 1 is 1.47 bits per heavy atom. The van der Waals surface area contributed by atoms with Gasteiger partial charge in [0.1, 0.15) is 0 Å². The van der Waals surface area contributed by atoms with Gasteiger partial charge >= 0.3 is 5.97 Å². The molecule has 5 heteroatoms. The number of carbonyl (C=O) groups is 2. The first kappa shape index (κ1) is 14.1. The molecule has 0 aromatic heterocycles. The summed E-state index contributed by atoms with van der Waals surface area (Å²) < 4.78 is 0.938. The van der Waals surface area contributed by atoms with Gasteiger partial charge in [-0.05, 0) is 44.5 Å². The number of aryl methyl sites for hydroxylation is 1. The van der Waals surface area contributed by atoms with Crippen LogP contribution in [0.1, 0.15) is 25.8 Å². The van der Waals surface area contributed by atoms with Gasteiger partial charge in [-0.3, -0.25) is 9.59 Å². The van der Waals surface area contributed by atoms with Gasteiger partial charge in [-0.15, -0.1) is 0 Å². The normalized spacial score (nSPS) is 21.8. The van der Waals surface area contributed by atoms with E-state index < -0.39 is 17.4 Å². The van der Waals surface area contributed by atoms with E-state index in [0.717, 1.165) is 15.7 Å². The van der Waals surface area contributed by atoms with Crippen LogP contribution in [-0.4, -0.2) is 22.5 Å². The van der Waals surface area contributed by atoms with Crippen LogP contribution in [0.4, 0.5) is 5.69 Å². The number of amides is 1. The van der Waals surface area contributed by atoms with Crippen molar-refractivity contribution < 1.29 is 14.7 Å². The van der Waals surface area contributed by atoms with Gasteiger partial charge in [-0.2, -0.15) is 0 Å². The highest BCUT2D eigenvalue weighted by atomic mass is 79.9. The van der Waals surface area contributed by atoms with Gasteiger partial charge in [0.2, 0.25) is 5.91 Å². The summed E-state index contributed by atoms with van der Waals surface area (Å²) >= 11 is 3.39. The third-order valence-electron chi connectivity index (χ3n) is 3.76. The largest absolute Gasteiger partial charge is 0.481 e. The fourth-order valence-electron chi connectivity index (χ4n) is 2.70. The molecule has 1 aromatic rings. The molecule has 0 spiro atoms. The smallest absolute Gasteiger partial charge is 0.309 e. The molecule has 0 saturated carbocycles. The van der Waals surface area contributed by atoms with Gasteiger partial charge in [0.25, 0.3) is 0 Å². The van der Waals surface area contributed by atoms with Crippen molar-refractivity contribution in [3.05, 3.63) is 28.2 Å². The Balaban J connectivity index is 2.49. The molecule has 1 atom stereocenters. The van der Waals surface area contributed by atoms with Crippen molar-refractivity contribution in [2.75, 3.05) is 4.90 Å². The summed E-state index contributed by atoms with van der Waals surface area (Å²) in [7, 11) is 0. The Hall–Kier alpha value is -1.36. The van der Waals surface area contributed by atoms with Gasteiger partial charge in [-0.1, -0.05) is 15.9 Å². The lowest BCUT2D eigenvalue weighted by molar-refractivity contribution is -0.143. The summed E-state index contributed by atoms with van der Waals surface area (Å²) in [5.74, 6) is -1.73. The van der Waals surface area contributed by atoms with Crippen LogP contribution in [0.15, 0.2) is 22.7 Å². The maximum absolute atomic E-state index is 12.2. The fraction of sp³-hybridized carbons (Fsp3) is 0.429. The number of halogens is 1. The summed E-state index contributed by atoms with van der Waals surface area (Å²) in [6.07, 6.45) is 0.0534. The van der Waals surface area contributed by atoms with Gasteiger partial charge in [0.15, 0.2) is 0 Å². The number of carboxylic acids is 1. The van der Waals surface area contributed by atoms with Gasteiger partial charge in [0.05, 0.1) is 11.5 Å². The van der Waals surface area contributed by atoms with Crippen molar-refractivity contribution in [3.63, 3.8) is 0 Å². The molecule has 0 bridgehead atoms. The Bertz CT molecular complexity index is 554. The summed E-state index contributed by atoms with van der Waals surface area (Å²) in [6.45, 7) is 5.52. The van der Waals surface area contributed by atoms with Crippen molar-refractivity contribution in [1.82, 2.24) is 0 Å². The number of benzene rings is 1. The number of anilines is 1. The van der Waals surface area contributed by atoms with E-state index in [1.807, 2.05) is 25.1 Å². The van der Waals surface area contributed by atoms with Crippen molar-refractivity contribution in [2.24, 2.45) is 5.92 Å². The monoisotopic (exact) mass is 325 g/mol. The molecule has 1 amide bonds. The van der Waals surface area contributed by atoms with Gasteiger partial charge in [-0.25, -0.2) is 0 Å². The van der Waals surface area contributed by atoms with Crippen LogP contribution in [0.5, 0.6) is 0 Å². The highest BCUT2D eigenvalue weighted by Gasteiger charge is 2.50. The predicted molar refractivity (Wildman–Crippen MR) is 76.2 cm³/mol. The van der Waals surface area contributed by atoms with Gasteiger partial charge < -0.3 is 10.0 Å². The second-order valence-electron chi connectivity index (χ2n) is 5.41. The van der Waals surface area contributed by atoms with E-state index in [-0.39, 0.29) is 12.3 Å². The standard InChI is InChI=1S/C14H16BrNO3/c1-8-6-9(15)4-5-11(8)16-12(17)7-10(13(18)19)14(16,2)3/h4-6,10H,7H2,1-3H3,(H,18,19). The first-order valence-electron chi connectivity index (χ1n) is 6.07. The van der Waals surface area contributed by atoms with E-state index in [2.05, 4.69) is 15.9 Å². The number of hydrogen-bond donors (Lipinski definition) is 1. The summed E-state index contributed by atoms with van der Waals surface area (Å²) in [6, 6.07) is 5.63. The molecule has 19 heavy (non-hydrogen) atoms. The van der Waals surface area contributed by atoms with Crippen LogP contribution >= 0.6 is 15.9 Å². The third kappa shape index (κ3) is 2.27. The number of hydrogen-bond acceptors (Lipinski definition) is 2. The molecular formula is C14H16BrNO3. The summed E-state index contributed by atoms with van der Waals surface area (Å²) in [5.41, 5.74) is 1.01. The molecule has 1 heterocycles. The molecule has 1 saturated heterocycles. The summed E-state index contributed by atoms with van der Waals surface area (Å²) in [4.78, 5) is 25.1. The molecule has 1 aliphatic heterocycles. The zero-order valence-electron chi connectivity index (χ0n) is 11.1. The average Bonchev–Trinajstić information content (AvgIpc) is 2.51. The second-order valence-corrected chi connectivity index (χ2v) is 6.32. The van der Waals surface area contributed by atoms with Gasteiger partial charge in [0, 0.05) is 16.6 Å². The lowest BCUT2D eigenvalue weighted by atomic mass is 9.88. The number of rotatable bonds is 2. The molecular weight excluding hydrogens is 310 g/mol. The Labute approximate surface area is 120 Å². The molecule has 2 rings (SSSR count). The molecule has 4 nitrogen and oxygen atoms in total. The van der Waals surface area contributed by atoms with Crippen LogP contribution in [0, 0.1) is 12.8 Å². The Morgan fingerprint density at radius 3 is 2.58 bits per heavy atom. The number of carbonyl (C=O) groups excluding carboxylic acids is 1. The Kier molecular flexibility index (Phi) is 3.43. The molecule has 1 aromatic carbocycles. The van der Waals surface area contributed by atoms with Crippen molar-refractivity contribution in [2.45, 2.75) is 32.7 Å². The zero-order chi connectivity index (χ0) is 14.4. The van der Waals surface area contributed by atoms with E-state index in [9.17, 15) is 14.7 Å². The minimum absolute atomic E-state index is 0.0534. The number of aliphatic carboxylic acids is 1. The van der Waals surface area contributed by atoms with Crippen LogP contribution in [0.2, 0.25) is 0 Å². The quantitative estimate of drug-likeness (QED) is 0.909. The fourth-order valence-corrected chi connectivity index (χ4v) is 3.17. The first-order valence-corrected chi connectivity index (χ1v) is 6.86. The number of carboxylic acid groups (broad SMARTS) is 1. The average molecular weight is 326 g/mol. The van der Waals surface area contributed by atoms with Crippen LogP contribution in [-0.2, 0) is 9.59 Å². The highest BCUT2D eigenvalue weighted by molar-refractivity contribution is 9.10. The second kappa shape index (κ2) is 4.63. The first-order chi connectivity index (χ1) is 8.75. The molecule has 0 radical (unpaired) electrons. The lowest BCUT2D eigenvalue weighted by Gasteiger charge is -2.35. The molecule has 1 unspecified atom stereocenters. The van der Waals surface area contributed by atoms with E-state index in [4.69, 9.17) is 0 Å². The lowest BCUT2D eigenvalue weighted by Crippen LogP contribution is -2.46. The zero-order valence-corrected chi connectivity index (χ0v) is 12.7. The highest BCUT2D eigenvalue weighted by Crippen LogP contribution is 2.40. The predicted octanol–water partition coefficient (Wildman–Crippen LogP) is 2.97. The minimum Gasteiger partial charge on any atom is -0.481 e. The SMILES string of the molecule is Cc1cc(Br)ccc1N1C(=O)CC(C(=O)O)C1(C)C. The molecule has 1 aliphatic rings. The Morgan fingerprint density at radius 2 is 2.11 bits per heavy atom. The maximum Gasteiger partial charge on any atom is 0.309 e.